The van der Waals surface area contributed by atoms with Gasteiger partial charge in [-0.3, -0.25) is 4.79 Å². The van der Waals surface area contributed by atoms with Gasteiger partial charge in [0.1, 0.15) is 5.82 Å². The molecule has 1 aromatic carbocycles. The summed E-state index contributed by atoms with van der Waals surface area (Å²) in [6, 6.07) is 6.12. The Bertz CT molecular complexity index is 684. The Morgan fingerprint density at radius 2 is 2.28 bits per heavy atom. The third-order valence-corrected chi connectivity index (χ3v) is 5.12. The third-order valence-electron chi connectivity index (χ3n) is 3.10. The van der Waals surface area contributed by atoms with E-state index in [1.165, 1.54) is 35.2 Å². The number of nitrogens with one attached hydrogen (secondary N) is 2. The molecule has 0 fully saturated rings. The summed E-state index contributed by atoms with van der Waals surface area (Å²) in [7, 11) is 0. The van der Waals surface area contributed by atoms with Crippen LogP contribution in [0.2, 0.25) is 0 Å². The van der Waals surface area contributed by atoms with Gasteiger partial charge in [-0.05, 0) is 38.5 Å². The van der Waals surface area contributed by atoms with Gasteiger partial charge in [0.2, 0.25) is 11.0 Å². The molecule has 0 aliphatic carbocycles. The van der Waals surface area contributed by atoms with E-state index in [1.807, 2.05) is 13.8 Å². The Balaban J connectivity index is 1.78. The molecule has 1 aromatic heterocycles. The number of halogens is 1. The molecule has 0 aliphatic heterocycles. The molecular weight excluding hydrogens is 363 g/mol. The van der Waals surface area contributed by atoms with Crippen molar-refractivity contribution in [3.05, 3.63) is 30.1 Å². The van der Waals surface area contributed by atoms with E-state index in [9.17, 15) is 9.18 Å². The van der Waals surface area contributed by atoms with Gasteiger partial charge < -0.3 is 15.4 Å². The van der Waals surface area contributed by atoms with Crippen LogP contribution >= 0.6 is 23.1 Å². The lowest BCUT2D eigenvalue weighted by Gasteiger charge is -2.10. The molecule has 136 valence electrons. The highest BCUT2D eigenvalue weighted by molar-refractivity contribution is 8.02. The number of nitrogens with zero attached hydrogens (tertiary/aromatic N) is 2. The maximum Gasteiger partial charge on any atom is 0.233 e. The van der Waals surface area contributed by atoms with Crippen molar-refractivity contribution in [2.75, 3.05) is 25.1 Å². The second kappa shape index (κ2) is 10.3. The van der Waals surface area contributed by atoms with Crippen molar-refractivity contribution >= 4 is 39.8 Å². The fourth-order valence-corrected chi connectivity index (χ4v) is 3.82. The molecule has 2 N–H and O–H groups in total. The van der Waals surface area contributed by atoms with Gasteiger partial charge in [0, 0.05) is 25.4 Å². The maximum absolute atomic E-state index is 13.2. The number of anilines is 2. The molecule has 0 saturated carbocycles. The predicted molar refractivity (Wildman–Crippen MR) is 99.0 cm³/mol. The number of aromatic nitrogens is 2. The largest absolute Gasteiger partial charge is 0.382 e. The van der Waals surface area contributed by atoms with Crippen LogP contribution in [-0.2, 0) is 9.53 Å². The zero-order valence-corrected chi connectivity index (χ0v) is 15.8. The number of hydrogen-bond donors (Lipinski definition) is 2. The smallest absolute Gasteiger partial charge is 0.233 e. The maximum atomic E-state index is 13.2. The quantitative estimate of drug-likeness (QED) is 0.483. The van der Waals surface area contributed by atoms with Gasteiger partial charge in [0.15, 0.2) is 4.34 Å². The SMILES string of the molecule is CCOCCCNC(=O)C(C)Sc1nnc(Nc2cccc(F)c2)s1. The van der Waals surface area contributed by atoms with Crippen molar-refractivity contribution in [1.82, 2.24) is 15.5 Å². The van der Waals surface area contributed by atoms with Crippen molar-refractivity contribution in [2.45, 2.75) is 29.9 Å². The summed E-state index contributed by atoms with van der Waals surface area (Å²) >= 11 is 2.66. The van der Waals surface area contributed by atoms with Crippen LogP contribution in [0.15, 0.2) is 28.6 Å². The molecular formula is C16H21FN4O2S2. The van der Waals surface area contributed by atoms with Crippen molar-refractivity contribution in [3.63, 3.8) is 0 Å². The molecule has 0 aliphatic rings. The summed E-state index contributed by atoms with van der Waals surface area (Å²) in [4.78, 5) is 12.0. The van der Waals surface area contributed by atoms with Gasteiger partial charge >= 0.3 is 0 Å². The third kappa shape index (κ3) is 6.97. The summed E-state index contributed by atoms with van der Waals surface area (Å²) in [5.74, 6) is -0.366. The van der Waals surface area contributed by atoms with Gasteiger partial charge in [-0.1, -0.05) is 29.2 Å². The highest BCUT2D eigenvalue weighted by atomic mass is 32.2. The molecule has 2 aromatic rings. The number of carbonyl (C=O) groups is 1. The van der Waals surface area contributed by atoms with Crippen LogP contribution in [0.25, 0.3) is 0 Å². The van der Waals surface area contributed by atoms with E-state index in [0.717, 1.165) is 6.42 Å². The first-order valence-electron chi connectivity index (χ1n) is 7.96. The molecule has 6 nitrogen and oxygen atoms in total. The first-order valence-corrected chi connectivity index (χ1v) is 9.66. The van der Waals surface area contributed by atoms with E-state index in [-0.39, 0.29) is 17.0 Å². The Kier molecular flexibility index (Phi) is 8.10. The van der Waals surface area contributed by atoms with E-state index in [4.69, 9.17) is 4.74 Å². The fourth-order valence-electron chi connectivity index (χ4n) is 1.88. The van der Waals surface area contributed by atoms with E-state index < -0.39 is 0 Å². The Labute approximate surface area is 154 Å². The standard InChI is InChI=1S/C16H21FN4O2S2/c1-3-23-9-5-8-18-14(22)11(2)24-16-21-20-15(25-16)19-13-7-4-6-12(17)10-13/h4,6-7,10-11H,3,5,8-9H2,1-2H3,(H,18,22)(H,19,20). The topological polar surface area (TPSA) is 76.1 Å². The molecule has 25 heavy (non-hydrogen) atoms. The number of rotatable bonds is 10. The Morgan fingerprint density at radius 3 is 3.04 bits per heavy atom. The minimum Gasteiger partial charge on any atom is -0.382 e. The van der Waals surface area contributed by atoms with Crippen LogP contribution in [0.3, 0.4) is 0 Å². The molecule has 9 heteroatoms. The van der Waals surface area contributed by atoms with Crippen molar-refractivity contribution in [3.8, 4) is 0 Å². The average Bonchev–Trinajstić information content (AvgIpc) is 3.01. The van der Waals surface area contributed by atoms with Crippen LogP contribution in [0, 0.1) is 5.82 Å². The van der Waals surface area contributed by atoms with Crippen LogP contribution in [-0.4, -0.2) is 41.1 Å². The number of amides is 1. The van der Waals surface area contributed by atoms with Crippen molar-refractivity contribution in [2.24, 2.45) is 0 Å². The monoisotopic (exact) mass is 384 g/mol. The number of ether oxygens (including phenoxy) is 1. The number of benzene rings is 1. The summed E-state index contributed by atoms with van der Waals surface area (Å²) in [6.07, 6.45) is 0.789. The van der Waals surface area contributed by atoms with Crippen LogP contribution in [0.5, 0.6) is 0 Å². The van der Waals surface area contributed by atoms with Gasteiger partial charge in [-0.25, -0.2) is 4.39 Å². The lowest BCUT2D eigenvalue weighted by atomic mass is 10.3. The number of thioether (sulfide) groups is 1. The normalized spacial score (nSPS) is 12.0. The molecule has 1 amide bonds. The number of hydrogen-bond acceptors (Lipinski definition) is 7. The molecule has 1 atom stereocenters. The summed E-state index contributed by atoms with van der Waals surface area (Å²) < 4.78 is 19.1. The summed E-state index contributed by atoms with van der Waals surface area (Å²) in [5, 5.41) is 14.2. The predicted octanol–water partition coefficient (Wildman–Crippen LogP) is 3.44. The Hall–Kier alpha value is -1.71. The molecule has 1 unspecified atom stereocenters. The zero-order valence-electron chi connectivity index (χ0n) is 14.1. The number of carbonyl (C=O) groups excluding carboxylic acids is 1. The molecule has 0 bridgehead atoms. The van der Waals surface area contributed by atoms with Gasteiger partial charge in [0.25, 0.3) is 0 Å². The van der Waals surface area contributed by atoms with Gasteiger partial charge in [0.05, 0.1) is 5.25 Å². The molecule has 1 heterocycles. The second-order valence-electron chi connectivity index (χ2n) is 5.11. The highest BCUT2D eigenvalue weighted by Crippen LogP contribution is 2.30. The highest BCUT2D eigenvalue weighted by Gasteiger charge is 2.16. The van der Waals surface area contributed by atoms with Crippen LogP contribution in [0.4, 0.5) is 15.2 Å². The van der Waals surface area contributed by atoms with Crippen LogP contribution in [0.1, 0.15) is 20.3 Å². The van der Waals surface area contributed by atoms with Gasteiger partial charge in [-0.15, -0.1) is 10.2 Å². The van der Waals surface area contributed by atoms with Crippen molar-refractivity contribution in [1.29, 1.82) is 0 Å². The van der Waals surface area contributed by atoms with Crippen molar-refractivity contribution < 1.29 is 13.9 Å². The first kappa shape index (κ1) is 19.6. The summed E-state index contributed by atoms with van der Waals surface area (Å²) in [6.45, 7) is 5.68. The van der Waals surface area contributed by atoms with E-state index in [1.54, 1.807) is 12.1 Å². The second-order valence-corrected chi connectivity index (χ2v) is 7.68. The lowest BCUT2D eigenvalue weighted by Crippen LogP contribution is -2.32. The molecule has 0 saturated heterocycles. The molecule has 0 spiro atoms. The lowest BCUT2D eigenvalue weighted by molar-refractivity contribution is -0.120. The average molecular weight is 385 g/mol. The fraction of sp³-hybridized carbons (Fsp3) is 0.438. The van der Waals surface area contributed by atoms with E-state index >= 15 is 0 Å². The van der Waals surface area contributed by atoms with E-state index in [0.29, 0.717) is 34.9 Å². The molecule has 0 radical (unpaired) electrons. The van der Waals surface area contributed by atoms with Crippen LogP contribution < -0.4 is 10.6 Å². The minimum atomic E-state index is -0.321. The summed E-state index contributed by atoms with van der Waals surface area (Å²) in [5.41, 5.74) is 0.604. The minimum absolute atomic E-state index is 0.0451. The first-order chi connectivity index (χ1) is 12.1. The zero-order chi connectivity index (χ0) is 18.1. The van der Waals surface area contributed by atoms with Gasteiger partial charge in [-0.2, -0.15) is 0 Å². The Morgan fingerprint density at radius 1 is 1.44 bits per heavy atom. The molecule has 2 rings (SSSR count). The van der Waals surface area contributed by atoms with E-state index in [2.05, 4.69) is 20.8 Å².